The molecule has 0 bridgehead atoms. The van der Waals surface area contributed by atoms with Gasteiger partial charge in [0.1, 0.15) is 6.61 Å². The predicted octanol–water partition coefficient (Wildman–Crippen LogP) is 2.21. The van der Waals surface area contributed by atoms with E-state index >= 15 is 0 Å². The zero-order valence-electron chi connectivity index (χ0n) is 14.4. The van der Waals surface area contributed by atoms with E-state index in [1.807, 2.05) is 0 Å². The lowest BCUT2D eigenvalue weighted by Crippen LogP contribution is -2.29. The summed E-state index contributed by atoms with van der Waals surface area (Å²) in [6.07, 6.45) is 2.73. The molecule has 1 aromatic heterocycles. The average molecular weight is 369 g/mol. The van der Waals surface area contributed by atoms with Crippen LogP contribution in [-0.4, -0.2) is 42.3 Å². The van der Waals surface area contributed by atoms with Crippen LogP contribution in [0.5, 0.6) is 0 Å². The van der Waals surface area contributed by atoms with Gasteiger partial charge in [-0.1, -0.05) is 6.08 Å². The molecule has 8 nitrogen and oxygen atoms in total. The number of nitrogens with zero attached hydrogens (tertiary/aromatic N) is 1. The number of esters is 2. The number of furan rings is 1. The first kappa shape index (κ1) is 18.1. The van der Waals surface area contributed by atoms with Gasteiger partial charge in [-0.2, -0.15) is 0 Å². The second kappa shape index (κ2) is 7.28. The van der Waals surface area contributed by atoms with Crippen LogP contribution in [0.4, 0.5) is 0 Å². The number of hydrogen-bond acceptors (Lipinski definition) is 7. The third kappa shape index (κ3) is 3.24. The van der Waals surface area contributed by atoms with E-state index in [1.165, 1.54) is 43.7 Å². The largest absolute Gasteiger partial charge is 0.463 e. The maximum absolute atomic E-state index is 12.3. The van der Waals surface area contributed by atoms with Crippen molar-refractivity contribution in [2.75, 3.05) is 13.7 Å². The lowest BCUT2D eigenvalue weighted by Gasteiger charge is -2.09. The number of carbonyl (C=O) groups is 4. The molecule has 0 atom stereocenters. The van der Waals surface area contributed by atoms with Gasteiger partial charge in [0.25, 0.3) is 11.8 Å². The molecule has 0 spiro atoms. The number of benzene rings is 1. The van der Waals surface area contributed by atoms with Crippen LogP contribution in [-0.2, 0) is 16.1 Å². The molecule has 1 aliphatic heterocycles. The van der Waals surface area contributed by atoms with E-state index in [-0.39, 0.29) is 35.6 Å². The van der Waals surface area contributed by atoms with Crippen LogP contribution in [0.2, 0.25) is 0 Å². The number of ether oxygens (including phenoxy) is 2. The minimum absolute atomic E-state index is 0.0555. The molecule has 138 valence electrons. The van der Waals surface area contributed by atoms with Crippen molar-refractivity contribution in [3.05, 3.63) is 71.2 Å². The smallest absolute Gasteiger partial charge is 0.374 e. The number of methoxy groups -OCH3 is 1. The molecule has 27 heavy (non-hydrogen) atoms. The molecule has 1 aliphatic rings. The fraction of sp³-hybridized carbons (Fsp3) is 0.158. The molecule has 1 aromatic carbocycles. The minimum Gasteiger partial charge on any atom is -0.463 e. The van der Waals surface area contributed by atoms with Crippen LogP contribution in [0.3, 0.4) is 0 Å². The SMILES string of the molecule is C=CCN1C(=O)c2ccc(C(=O)OCc3ccoc3C(=O)OC)cc2C1=O. The summed E-state index contributed by atoms with van der Waals surface area (Å²) in [5, 5.41) is 0. The fourth-order valence-corrected chi connectivity index (χ4v) is 2.66. The van der Waals surface area contributed by atoms with Gasteiger partial charge in [0.05, 0.1) is 30.1 Å². The van der Waals surface area contributed by atoms with Crippen molar-refractivity contribution in [1.29, 1.82) is 0 Å². The van der Waals surface area contributed by atoms with E-state index in [0.717, 1.165) is 4.90 Å². The lowest BCUT2D eigenvalue weighted by molar-refractivity contribution is 0.0453. The summed E-state index contributed by atoms with van der Waals surface area (Å²) in [5.74, 6) is -2.38. The molecule has 8 heteroatoms. The van der Waals surface area contributed by atoms with Crippen molar-refractivity contribution < 1.29 is 33.1 Å². The fourth-order valence-electron chi connectivity index (χ4n) is 2.66. The van der Waals surface area contributed by atoms with Crippen molar-refractivity contribution in [2.45, 2.75) is 6.61 Å². The Hall–Kier alpha value is -3.68. The first-order valence-electron chi connectivity index (χ1n) is 7.91. The Labute approximate surface area is 154 Å². The number of amides is 2. The van der Waals surface area contributed by atoms with E-state index in [2.05, 4.69) is 11.3 Å². The Morgan fingerprint density at radius 1 is 1.15 bits per heavy atom. The molecule has 0 saturated carbocycles. The van der Waals surface area contributed by atoms with Gasteiger partial charge in [-0.3, -0.25) is 14.5 Å². The third-order valence-corrected chi connectivity index (χ3v) is 3.99. The maximum Gasteiger partial charge on any atom is 0.374 e. The summed E-state index contributed by atoms with van der Waals surface area (Å²) in [7, 11) is 1.21. The van der Waals surface area contributed by atoms with Crippen molar-refractivity contribution in [3.63, 3.8) is 0 Å². The van der Waals surface area contributed by atoms with Gasteiger partial charge >= 0.3 is 11.9 Å². The molecule has 0 N–H and O–H groups in total. The summed E-state index contributed by atoms with van der Waals surface area (Å²) in [6, 6.07) is 5.61. The molecular weight excluding hydrogens is 354 g/mol. The van der Waals surface area contributed by atoms with Crippen molar-refractivity contribution >= 4 is 23.8 Å². The molecule has 2 heterocycles. The van der Waals surface area contributed by atoms with E-state index in [1.54, 1.807) is 0 Å². The molecule has 0 unspecified atom stereocenters. The number of hydrogen-bond donors (Lipinski definition) is 0. The van der Waals surface area contributed by atoms with E-state index < -0.39 is 23.8 Å². The van der Waals surface area contributed by atoms with Crippen LogP contribution >= 0.6 is 0 Å². The molecule has 2 aromatic rings. The Morgan fingerprint density at radius 2 is 1.89 bits per heavy atom. The van der Waals surface area contributed by atoms with Crippen LogP contribution in [0.1, 0.15) is 47.2 Å². The minimum atomic E-state index is -0.711. The van der Waals surface area contributed by atoms with Gasteiger partial charge in [0.2, 0.25) is 5.76 Å². The van der Waals surface area contributed by atoms with Gasteiger partial charge in [-0.25, -0.2) is 9.59 Å². The molecule has 0 saturated heterocycles. The summed E-state index contributed by atoms with van der Waals surface area (Å²) in [4.78, 5) is 49.4. The number of imide groups is 1. The highest BCUT2D eigenvalue weighted by atomic mass is 16.5. The zero-order valence-corrected chi connectivity index (χ0v) is 14.4. The van der Waals surface area contributed by atoms with Crippen LogP contribution in [0.15, 0.2) is 47.6 Å². The van der Waals surface area contributed by atoms with Crippen molar-refractivity contribution in [1.82, 2.24) is 4.90 Å². The highest BCUT2D eigenvalue weighted by molar-refractivity contribution is 6.22. The predicted molar refractivity (Wildman–Crippen MR) is 91.2 cm³/mol. The summed E-state index contributed by atoms with van der Waals surface area (Å²) >= 11 is 0. The Kier molecular flexibility index (Phi) is 4.89. The van der Waals surface area contributed by atoms with Gasteiger partial charge < -0.3 is 13.9 Å². The van der Waals surface area contributed by atoms with Crippen LogP contribution in [0, 0.1) is 0 Å². The molecule has 0 fully saturated rings. The second-order valence-electron chi connectivity index (χ2n) is 5.61. The van der Waals surface area contributed by atoms with Gasteiger partial charge in [-0.15, -0.1) is 6.58 Å². The monoisotopic (exact) mass is 369 g/mol. The zero-order chi connectivity index (χ0) is 19.6. The standard InChI is InChI=1S/C19H15NO7/c1-3-7-20-16(21)13-5-4-11(9-14(13)17(20)22)18(23)27-10-12-6-8-26-15(12)19(24)25-2/h3-6,8-9H,1,7,10H2,2H3. The van der Waals surface area contributed by atoms with E-state index in [4.69, 9.17) is 9.15 Å². The van der Waals surface area contributed by atoms with Crippen LogP contribution in [0.25, 0.3) is 0 Å². The number of carbonyl (C=O) groups excluding carboxylic acids is 4. The molecular formula is C19H15NO7. The van der Waals surface area contributed by atoms with Gasteiger partial charge in [-0.05, 0) is 24.3 Å². The summed E-state index contributed by atoms with van der Waals surface area (Å²) in [6.45, 7) is 3.39. The quantitative estimate of drug-likeness (QED) is 0.437. The first-order valence-corrected chi connectivity index (χ1v) is 7.91. The number of rotatable bonds is 6. The normalized spacial score (nSPS) is 12.7. The third-order valence-electron chi connectivity index (χ3n) is 3.99. The Balaban J connectivity index is 1.76. The average Bonchev–Trinajstić information content (AvgIpc) is 3.24. The molecule has 3 rings (SSSR count). The molecule has 0 radical (unpaired) electrons. The highest BCUT2D eigenvalue weighted by Crippen LogP contribution is 2.24. The molecule has 2 amide bonds. The summed E-state index contributed by atoms with van der Waals surface area (Å²) in [5.41, 5.74) is 0.814. The van der Waals surface area contributed by atoms with Crippen molar-refractivity contribution in [3.8, 4) is 0 Å². The first-order chi connectivity index (χ1) is 13.0. The van der Waals surface area contributed by atoms with Gasteiger partial charge in [0, 0.05) is 12.1 Å². The topological polar surface area (TPSA) is 103 Å². The Morgan fingerprint density at radius 3 is 2.59 bits per heavy atom. The van der Waals surface area contributed by atoms with Gasteiger partial charge in [0.15, 0.2) is 0 Å². The van der Waals surface area contributed by atoms with Crippen LogP contribution < -0.4 is 0 Å². The Bertz CT molecular complexity index is 957. The molecule has 0 aliphatic carbocycles. The highest BCUT2D eigenvalue weighted by Gasteiger charge is 2.35. The van der Waals surface area contributed by atoms with E-state index in [0.29, 0.717) is 5.56 Å². The maximum atomic E-state index is 12.3. The number of fused-ring (bicyclic) bond motifs is 1. The van der Waals surface area contributed by atoms with Crippen molar-refractivity contribution in [2.24, 2.45) is 0 Å². The summed E-state index contributed by atoms with van der Waals surface area (Å²) < 4.78 is 14.8. The lowest BCUT2D eigenvalue weighted by atomic mass is 10.1. The second-order valence-corrected chi connectivity index (χ2v) is 5.61. The van der Waals surface area contributed by atoms with E-state index in [9.17, 15) is 19.2 Å².